The molecule has 0 N–H and O–H groups in total. The van der Waals surface area contributed by atoms with Crippen LogP contribution in [0.5, 0.6) is 11.5 Å². The van der Waals surface area contributed by atoms with E-state index in [1.165, 1.54) is 0 Å². The van der Waals surface area contributed by atoms with Crippen LogP contribution >= 0.6 is 0 Å². The lowest BCUT2D eigenvalue weighted by Crippen LogP contribution is -2.10. The lowest BCUT2D eigenvalue weighted by molar-refractivity contribution is 0.0728. The largest absolute Gasteiger partial charge is 0.487 e. The van der Waals surface area contributed by atoms with E-state index in [-0.39, 0.29) is 30.1 Å². The van der Waals surface area contributed by atoms with Gasteiger partial charge in [0.2, 0.25) is 0 Å². The van der Waals surface area contributed by atoms with Crippen molar-refractivity contribution < 1.29 is 14.3 Å². The molecule has 0 aliphatic rings. The average molecular weight is 292 g/mol. The number of nitrogens with zero attached hydrogens (tertiary/aromatic N) is 2. The van der Waals surface area contributed by atoms with Crippen LogP contribution in [0.1, 0.15) is 22.3 Å². The van der Waals surface area contributed by atoms with Crippen molar-refractivity contribution in [2.24, 2.45) is 0 Å². The summed E-state index contributed by atoms with van der Waals surface area (Å²) < 4.78 is 10.7. The summed E-state index contributed by atoms with van der Waals surface area (Å²) in [6.45, 7) is 0.116. The van der Waals surface area contributed by atoms with E-state index in [4.69, 9.17) is 20.0 Å². The summed E-state index contributed by atoms with van der Waals surface area (Å²) in [5.74, 6) is -0.212. The maximum atomic E-state index is 12.1. The van der Waals surface area contributed by atoms with E-state index in [2.05, 4.69) is 0 Å². The van der Waals surface area contributed by atoms with Crippen molar-refractivity contribution in [3.05, 3.63) is 59.7 Å². The van der Waals surface area contributed by atoms with Crippen LogP contribution < -0.4 is 9.47 Å². The van der Waals surface area contributed by atoms with Gasteiger partial charge in [-0.2, -0.15) is 10.5 Å². The monoisotopic (exact) mass is 292 g/mol. The Morgan fingerprint density at radius 2 is 1.82 bits per heavy atom. The highest BCUT2D eigenvalue weighted by molar-refractivity contribution is 5.91. The Morgan fingerprint density at radius 3 is 2.50 bits per heavy atom. The lowest BCUT2D eigenvalue weighted by atomic mass is 10.2. The highest BCUT2D eigenvalue weighted by atomic mass is 16.6. The van der Waals surface area contributed by atoms with Gasteiger partial charge in [-0.1, -0.05) is 24.3 Å². The first kappa shape index (κ1) is 15.1. The molecule has 0 aliphatic heterocycles. The molecule has 0 unspecified atom stereocenters. The number of rotatable bonds is 5. The van der Waals surface area contributed by atoms with E-state index in [1.807, 2.05) is 12.1 Å². The molecule has 0 atom stereocenters. The topological polar surface area (TPSA) is 83.1 Å². The van der Waals surface area contributed by atoms with Crippen molar-refractivity contribution in [2.75, 3.05) is 6.61 Å². The van der Waals surface area contributed by atoms with E-state index < -0.39 is 5.97 Å². The average Bonchev–Trinajstić information content (AvgIpc) is 2.57. The summed E-state index contributed by atoms with van der Waals surface area (Å²) in [7, 11) is 0. The first-order chi connectivity index (χ1) is 10.8. The summed E-state index contributed by atoms with van der Waals surface area (Å²) >= 11 is 0. The Bertz CT molecular complexity index is 743. The first-order valence-electron chi connectivity index (χ1n) is 6.56. The van der Waals surface area contributed by atoms with Crippen LogP contribution in [0.4, 0.5) is 0 Å². The quantitative estimate of drug-likeness (QED) is 0.480. The summed E-state index contributed by atoms with van der Waals surface area (Å²) in [5.41, 5.74) is 0.643. The molecule has 2 aromatic carbocycles. The molecule has 0 radical (unpaired) electrons. The Balaban J connectivity index is 2.25. The van der Waals surface area contributed by atoms with Gasteiger partial charge < -0.3 is 9.47 Å². The number of ether oxygens (including phenoxy) is 2. The van der Waals surface area contributed by atoms with Crippen molar-refractivity contribution in [2.45, 2.75) is 6.42 Å². The highest BCUT2D eigenvalue weighted by Gasteiger charge is 2.15. The van der Waals surface area contributed by atoms with Gasteiger partial charge >= 0.3 is 5.97 Å². The second kappa shape index (κ2) is 7.47. The third-order valence-electron chi connectivity index (χ3n) is 2.77. The smallest absolute Gasteiger partial charge is 0.343 e. The molecular formula is C17H12N2O3. The minimum atomic E-state index is -0.541. The van der Waals surface area contributed by atoms with Crippen LogP contribution in [-0.2, 0) is 0 Å². The summed E-state index contributed by atoms with van der Waals surface area (Å²) in [5, 5.41) is 17.7. The Morgan fingerprint density at radius 1 is 1.05 bits per heavy atom. The molecule has 5 heteroatoms. The van der Waals surface area contributed by atoms with Crippen molar-refractivity contribution >= 4 is 5.97 Å². The number of carbonyl (C=O) groups excluding carboxylic acids is 1. The van der Waals surface area contributed by atoms with E-state index in [0.717, 1.165) is 0 Å². The maximum Gasteiger partial charge on any atom is 0.343 e. The number of esters is 1. The second-order valence-corrected chi connectivity index (χ2v) is 4.26. The zero-order valence-electron chi connectivity index (χ0n) is 11.7. The fourth-order valence-electron chi connectivity index (χ4n) is 1.76. The molecule has 5 nitrogen and oxygen atoms in total. The molecule has 108 valence electrons. The van der Waals surface area contributed by atoms with Crippen molar-refractivity contribution in [3.63, 3.8) is 0 Å². The molecule has 0 saturated carbocycles. The molecular weight excluding hydrogens is 280 g/mol. The predicted octanol–water partition coefficient (Wildman–Crippen LogP) is 3.07. The van der Waals surface area contributed by atoms with Gasteiger partial charge in [-0.3, -0.25) is 0 Å². The molecule has 0 heterocycles. The fraction of sp³-hybridized carbons (Fsp3) is 0.118. The Kier molecular flexibility index (Phi) is 5.12. The van der Waals surface area contributed by atoms with Gasteiger partial charge in [-0.25, -0.2) is 4.79 Å². The van der Waals surface area contributed by atoms with Gasteiger partial charge in [0.1, 0.15) is 12.7 Å². The number of hydrogen-bond acceptors (Lipinski definition) is 5. The predicted molar refractivity (Wildman–Crippen MR) is 78.3 cm³/mol. The van der Waals surface area contributed by atoms with Gasteiger partial charge in [0, 0.05) is 0 Å². The van der Waals surface area contributed by atoms with Crippen molar-refractivity contribution in [1.29, 1.82) is 10.5 Å². The molecule has 0 aliphatic carbocycles. The molecule has 0 amide bonds. The SMILES string of the molecule is N#CCCOc1c(C#N)cccc1OC(=O)c1ccccc1. The van der Waals surface area contributed by atoms with Gasteiger partial charge in [-0.05, 0) is 24.3 Å². The number of hydrogen-bond donors (Lipinski definition) is 0. The fourth-order valence-corrected chi connectivity index (χ4v) is 1.76. The standard InChI is InChI=1S/C17H12N2O3/c18-10-5-11-21-16-14(12-19)8-4-9-15(16)22-17(20)13-6-2-1-3-7-13/h1-4,6-9H,5,11H2. The zero-order valence-corrected chi connectivity index (χ0v) is 11.7. The molecule has 0 spiro atoms. The summed E-state index contributed by atoms with van der Waals surface area (Å²) in [6, 6.07) is 17.1. The first-order valence-corrected chi connectivity index (χ1v) is 6.56. The normalized spacial score (nSPS) is 9.36. The van der Waals surface area contributed by atoms with Gasteiger partial charge in [0.05, 0.1) is 23.6 Å². The molecule has 2 aromatic rings. The minimum Gasteiger partial charge on any atom is -0.487 e. The van der Waals surface area contributed by atoms with Gasteiger partial charge in [0.25, 0.3) is 0 Å². The van der Waals surface area contributed by atoms with Crippen LogP contribution in [0.3, 0.4) is 0 Å². The minimum absolute atomic E-state index is 0.116. The number of para-hydroxylation sites is 1. The molecule has 0 fully saturated rings. The number of carbonyl (C=O) groups is 1. The zero-order chi connectivity index (χ0) is 15.8. The third-order valence-corrected chi connectivity index (χ3v) is 2.77. The van der Waals surface area contributed by atoms with Crippen molar-refractivity contribution in [3.8, 4) is 23.6 Å². The number of nitriles is 2. The lowest BCUT2D eigenvalue weighted by Gasteiger charge is -2.12. The maximum absolute atomic E-state index is 12.1. The summed E-state index contributed by atoms with van der Waals surface area (Å²) in [6.07, 6.45) is 0.172. The van der Waals surface area contributed by atoms with Gasteiger partial charge in [0.15, 0.2) is 11.5 Å². The molecule has 0 bridgehead atoms. The van der Waals surface area contributed by atoms with Crippen LogP contribution in [0.25, 0.3) is 0 Å². The summed E-state index contributed by atoms with van der Waals surface area (Å²) in [4.78, 5) is 12.1. The third kappa shape index (κ3) is 3.62. The van der Waals surface area contributed by atoms with Crippen LogP contribution in [0.2, 0.25) is 0 Å². The van der Waals surface area contributed by atoms with Crippen LogP contribution in [-0.4, -0.2) is 12.6 Å². The van der Waals surface area contributed by atoms with Crippen LogP contribution in [0.15, 0.2) is 48.5 Å². The molecule has 22 heavy (non-hydrogen) atoms. The molecule has 0 aromatic heterocycles. The van der Waals surface area contributed by atoms with E-state index in [1.54, 1.807) is 48.5 Å². The highest BCUT2D eigenvalue weighted by Crippen LogP contribution is 2.31. The Hall–Kier alpha value is -3.31. The van der Waals surface area contributed by atoms with E-state index in [9.17, 15) is 4.79 Å². The van der Waals surface area contributed by atoms with Crippen molar-refractivity contribution in [1.82, 2.24) is 0 Å². The molecule has 2 rings (SSSR count). The van der Waals surface area contributed by atoms with E-state index >= 15 is 0 Å². The Labute approximate surface area is 127 Å². The van der Waals surface area contributed by atoms with E-state index in [0.29, 0.717) is 5.56 Å². The van der Waals surface area contributed by atoms with Crippen LogP contribution in [0, 0.1) is 22.7 Å². The van der Waals surface area contributed by atoms with Gasteiger partial charge in [-0.15, -0.1) is 0 Å². The molecule has 0 saturated heterocycles. The second-order valence-electron chi connectivity index (χ2n) is 4.26. The number of benzene rings is 2.